The van der Waals surface area contributed by atoms with Crippen LogP contribution < -0.4 is 5.76 Å². The average Bonchev–Trinajstić information content (AvgIpc) is 2.72. The lowest BCUT2D eigenvalue weighted by Gasteiger charge is -2.08. The first-order valence-corrected chi connectivity index (χ1v) is 5.85. The highest BCUT2D eigenvalue weighted by Crippen LogP contribution is 2.30. The Hall–Kier alpha value is -2.84. The van der Waals surface area contributed by atoms with Crippen LogP contribution in [-0.2, 0) is 6.18 Å². The molecule has 2 heterocycles. The quantitative estimate of drug-likeness (QED) is 0.701. The van der Waals surface area contributed by atoms with Gasteiger partial charge in [-0.1, -0.05) is 0 Å². The molecule has 0 radical (unpaired) electrons. The highest BCUT2D eigenvalue weighted by Gasteiger charge is 2.32. The van der Waals surface area contributed by atoms with E-state index in [2.05, 4.69) is 4.98 Å². The Kier molecular flexibility index (Phi) is 2.94. The molecule has 3 rings (SSSR count). The van der Waals surface area contributed by atoms with Crippen LogP contribution in [0.3, 0.4) is 0 Å². The molecule has 1 N–H and O–H groups in total. The Balaban J connectivity index is 2.24. The predicted molar refractivity (Wildman–Crippen MR) is 66.2 cm³/mol. The zero-order valence-electron chi connectivity index (χ0n) is 10.6. The van der Waals surface area contributed by atoms with Crippen LogP contribution in [0.4, 0.5) is 17.6 Å². The lowest BCUT2D eigenvalue weighted by Crippen LogP contribution is -2.16. The third-order valence-electron chi connectivity index (χ3n) is 2.93. The van der Waals surface area contributed by atoms with Gasteiger partial charge in [-0.05, 0) is 18.2 Å². The Labute approximate surface area is 119 Å². The van der Waals surface area contributed by atoms with Crippen molar-refractivity contribution in [3.63, 3.8) is 0 Å². The summed E-state index contributed by atoms with van der Waals surface area (Å²) in [5.41, 5.74) is -1.26. The number of pyridine rings is 1. The number of aromatic hydroxyl groups is 1. The molecule has 0 aliphatic rings. The number of phenolic OH excluding ortho intramolecular Hbond substituents is 1. The van der Waals surface area contributed by atoms with Gasteiger partial charge in [-0.2, -0.15) is 13.2 Å². The van der Waals surface area contributed by atoms with Gasteiger partial charge in [0.15, 0.2) is 17.2 Å². The van der Waals surface area contributed by atoms with Gasteiger partial charge in [0.1, 0.15) is 5.75 Å². The van der Waals surface area contributed by atoms with E-state index in [9.17, 15) is 27.5 Å². The summed E-state index contributed by atoms with van der Waals surface area (Å²) < 4.78 is 56.9. The molecular weight excluding hydrogens is 308 g/mol. The van der Waals surface area contributed by atoms with E-state index >= 15 is 0 Å². The van der Waals surface area contributed by atoms with Crippen LogP contribution in [0.5, 0.6) is 5.75 Å². The maximum Gasteiger partial charge on any atom is 0.425 e. The molecule has 0 aliphatic carbocycles. The predicted octanol–water partition coefficient (Wildman–Crippen LogP) is 2.84. The number of phenols is 1. The van der Waals surface area contributed by atoms with E-state index in [0.29, 0.717) is 10.8 Å². The molecule has 0 fully saturated rings. The molecule has 2 aromatic heterocycles. The molecule has 0 amide bonds. The fourth-order valence-electron chi connectivity index (χ4n) is 1.96. The van der Waals surface area contributed by atoms with Gasteiger partial charge in [0.2, 0.25) is 0 Å². The Bertz CT molecular complexity index is 927. The van der Waals surface area contributed by atoms with Gasteiger partial charge >= 0.3 is 11.9 Å². The molecule has 0 saturated heterocycles. The van der Waals surface area contributed by atoms with Crippen molar-refractivity contribution in [2.75, 3.05) is 0 Å². The molecule has 9 heteroatoms. The molecule has 0 spiro atoms. The van der Waals surface area contributed by atoms with Crippen molar-refractivity contribution < 1.29 is 27.1 Å². The van der Waals surface area contributed by atoms with Crippen LogP contribution in [0.15, 0.2) is 39.7 Å². The number of alkyl halides is 3. The van der Waals surface area contributed by atoms with Gasteiger partial charge in [-0.3, -0.25) is 0 Å². The van der Waals surface area contributed by atoms with E-state index in [1.165, 1.54) is 12.1 Å². The van der Waals surface area contributed by atoms with Gasteiger partial charge in [0.05, 0.1) is 11.1 Å². The maximum absolute atomic E-state index is 13.9. The number of aromatic nitrogens is 2. The van der Waals surface area contributed by atoms with Gasteiger partial charge in [0.25, 0.3) is 0 Å². The number of fused-ring (bicyclic) bond motifs is 1. The number of oxazole rings is 1. The number of rotatable bonds is 1. The minimum Gasteiger partial charge on any atom is -0.508 e. The Morgan fingerprint density at radius 2 is 1.95 bits per heavy atom. The number of nitrogens with zero attached hydrogens (tertiary/aromatic N) is 2. The SMILES string of the molecule is O=c1oc2cc(O)ccc2n1-c1ncc(C(F)(F)F)cc1F. The van der Waals surface area contributed by atoms with Gasteiger partial charge in [-0.25, -0.2) is 18.7 Å². The second-order valence-electron chi connectivity index (χ2n) is 4.38. The maximum atomic E-state index is 13.9. The van der Waals surface area contributed by atoms with E-state index in [1.54, 1.807) is 0 Å². The fourth-order valence-corrected chi connectivity index (χ4v) is 1.96. The third kappa shape index (κ3) is 2.20. The summed E-state index contributed by atoms with van der Waals surface area (Å²) in [6, 6.07) is 3.84. The summed E-state index contributed by atoms with van der Waals surface area (Å²) in [4.78, 5) is 15.1. The number of hydrogen-bond donors (Lipinski definition) is 1. The van der Waals surface area contributed by atoms with Crippen molar-refractivity contribution in [3.8, 4) is 11.6 Å². The van der Waals surface area contributed by atoms with E-state index in [-0.39, 0.29) is 22.9 Å². The lowest BCUT2D eigenvalue weighted by atomic mass is 10.2. The standard InChI is InChI=1S/C13H6F4N2O3/c14-8-3-6(13(15,16)17)5-18-11(8)19-9-2-1-7(20)4-10(9)22-12(19)21/h1-5,20H. The fraction of sp³-hybridized carbons (Fsp3) is 0.0769. The minimum atomic E-state index is -4.75. The zero-order valence-corrected chi connectivity index (χ0v) is 10.6. The molecule has 5 nitrogen and oxygen atoms in total. The first-order valence-electron chi connectivity index (χ1n) is 5.85. The van der Waals surface area contributed by atoms with Crippen LogP contribution in [0.1, 0.15) is 5.56 Å². The highest BCUT2D eigenvalue weighted by atomic mass is 19.4. The number of hydrogen-bond acceptors (Lipinski definition) is 4. The minimum absolute atomic E-state index is 0.0499. The van der Waals surface area contributed by atoms with Crippen molar-refractivity contribution in [1.29, 1.82) is 0 Å². The van der Waals surface area contributed by atoms with Crippen molar-refractivity contribution >= 4 is 11.1 Å². The van der Waals surface area contributed by atoms with E-state index in [4.69, 9.17) is 4.42 Å². The Morgan fingerprint density at radius 3 is 2.59 bits per heavy atom. The van der Waals surface area contributed by atoms with Gasteiger partial charge in [0, 0.05) is 12.3 Å². The summed E-state index contributed by atoms with van der Waals surface area (Å²) in [6.07, 6.45) is -4.33. The summed E-state index contributed by atoms with van der Waals surface area (Å²) in [5.74, 6) is -3.17. The van der Waals surface area contributed by atoms with Crippen molar-refractivity contribution in [1.82, 2.24) is 9.55 Å². The van der Waals surface area contributed by atoms with Crippen molar-refractivity contribution in [2.24, 2.45) is 0 Å². The summed E-state index contributed by atoms with van der Waals surface area (Å²) >= 11 is 0. The third-order valence-corrected chi connectivity index (χ3v) is 2.93. The molecular formula is C13H6F4N2O3. The molecule has 0 atom stereocenters. The van der Waals surface area contributed by atoms with Gasteiger partial charge in [-0.15, -0.1) is 0 Å². The smallest absolute Gasteiger partial charge is 0.425 e. The Morgan fingerprint density at radius 1 is 1.23 bits per heavy atom. The largest absolute Gasteiger partial charge is 0.508 e. The van der Waals surface area contributed by atoms with Gasteiger partial charge < -0.3 is 9.52 Å². The van der Waals surface area contributed by atoms with Crippen molar-refractivity contribution in [2.45, 2.75) is 6.18 Å². The molecule has 0 saturated carbocycles. The lowest BCUT2D eigenvalue weighted by molar-refractivity contribution is -0.138. The topological polar surface area (TPSA) is 68.3 Å². The average molecular weight is 314 g/mol. The van der Waals surface area contributed by atoms with E-state index < -0.39 is 29.1 Å². The molecule has 114 valence electrons. The molecule has 1 aromatic carbocycles. The molecule has 0 bridgehead atoms. The van der Waals surface area contributed by atoms with E-state index in [0.717, 1.165) is 6.07 Å². The monoisotopic (exact) mass is 314 g/mol. The van der Waals surface area contributed by atoms with Crippen LogP contribution >= 0.6 is 0 Å². The summed E-state index contributed by atoms with van der Waals surface area (Å²) in [5, 5.41) is 9.30. The van der Waals surface area contributed by atoms with Crippen LogP contribution in [0.2, 0.25) is 0 Å². The normalized spacial score (nSPS) is 12.0. The van der Waals surface area contributed by atoms with Crippen LogP contribution in [-0.4, -0.2) is 14.7 Å². The molecule has 0 aliphatic heterocycles. The van der Waals surface area contributed by atoms with E-state index in [1.807, 2.05) is 0 Å². The second-order valence-corrected chi connectivity index (χ2v) is 4.38. The molecule has 0 unspecified atom stereocenters. The first kappa shape index (κ1) is 14.1. The number of benzene rings is 1. The summed E-state index contributed by atoms with van der Waals surface area (Å²) in [7, 11) is 0. The van der Waals surface area contributed by atoms with Crippen molar-refractivity contribution in [3.05, 3.63) is 52.4 Å². The zero-order chi connectivity index (χ0) is 16.1. The molecule has 3 aromatic rings. The second kappa shape index (κ2) is 4.58. The molecule has 22 heavy (non-hydrogen) atoms. The van der Waals surface area contributed by atoms with Crippen LogP contribution in [0, 0.1) is 5.82 Å². The van der Waals surface area contributed by atoms with Crippen LogP contribution in [0.25, 0.3) is 16.9 Å². The number of halogens is 4. The first-order chi connectivity index (χ1) is 10.3. The summed E-state index contributed by atoms with van der Waals surface area (Å²) in [6.45, 7) is 0. The highest BCUT2D eigenvalue weighted by molar-refractivity contribution is 5.76.